The molecule has 3 aromatic carbocycles. The number of phenols is 1. The van der Waals surface area contributed by atoms with E-state index in [4.69, 9.17) is 34.8 Å². The fraction of sp³-hybridized carbons (Fsp3) is 0.250. The number of nitrogens with zero attached hydrogens (tertiary/aromatic N) is 2. The molecule has 7 nitrogen and oxygen atoms in total. The van der Waals surface area contributed by atoms with Gasteiger partial charge in [-0.05, 0) is 60.7 Å². The van der Waals surface area contributed by atoms with Gasteiger partial charge < -0.3 is 5.11 Å². The molecule has 2 saturated heterocycles. The van der Waals surface area contributed by atoms with Crippen LogP contribution in [0.25, 0.3) is 0 Å². The van der Waals surface area contributed by atoms with E-state index < -0.39 is 98.2 Å². The van der Waals surface area contributed by atoms with Gasteiger partial charge in [0, 0.05) is 15.4 Å². The molecule has 4 amide bonds. The van der Waals surface area contributed by atoms with E-state index in [-0.39, 0.29) is 38.9 Å². The number of alkyl halides is 2. The van der Waals surface area contributed by atoms with Crippen molar-refractivity contribution in [2.45, 2.75) is 28.5 Å². The van der Waals surface area contributed by atoms with Crippen LogP contribution in [-0.2, 0) is 19.2 Å². The van der Waals surface area contributed by atoms with Gasteiger partial charge in [0.15, 0.2) is 33.0 Å². The molecule has 2 aliphatic carbocycles. The molecule has 0 spiro atoms. The van der Waals surface area contributed by atoms with Crippen LogP contribution in [0, 0.1) is 46.8 Å². The van der Waals surface area contributed by atoms with Gasteiger partial charge in [-0.15, -0.1) is 23.2 Å². The molecule has 248 valence electrons. The van der Waals surface area contributed by atoms with Gasteiger partial charge in [0.2, 0.25) is 17.6 Å². The minimum absolute atomic E-state index is 0.00848. The van der Waals surface area contributed by atoms with Gasteiger partial charge in [-0.2, -0.15) is 0 Å². The Morgan fingerprint density at radius 1 is 0.792 bits per heavy atom. The van der Waals surface area contributed by atoms with E-state index in [2.05, 4.69) is 15.9 Å². The van der Waals surface area contributed by atoms with Gasteiger partial charge >= 0.3 is 0 Å². The number of hydrogen-bond acceptors (Lipinski definition) is 5. The zero-order chi connectivity index (χ0) is 34.8. The fourth-order valence-electron chi connectivity index (χ4n) is 7.51. The number of aromatic hydroxyl groups is 1. The summed E-state index contributed by atoms with van der Waals surface area (Å²) in [5, 5.41) is 9.88. The molecule has 1 N–H and O–H groups in total. The normalized spacial score (nSPS) is 29.6. The van der Waals surface area contributed by atoms with Crippen molar-refractivity contribution in [2.24, 2.45) is 17.8 Å². The number of carbonyl (C=O) groups excluding carboxylic acids is 4. The van der Waals surface area contributed by atoms with E-state index in [0.29, 0.717) is 4.47 Å². The zero-order valence-electron chi connectivity index (χ0n) is 23.7. The van der Waals surface area contributed by atoms with E-state index in [1.165, 1.54) is 12.1 Å². The van der Waals surface area contributed by atoms with Crippen LogP contribution in [0.1, 0.15) is 24.3 Å². The SMILES string of the molecule is O=C1C2CC=C3C(CC4(Cl)C(=O)N(c5c(F)c(F)c(F)c(F)c5F)C(=O)C4(Cl)C3c3ccc(O)cc3Cl)C2C(=O)N1c1ccc(Br)cc1. The summed E-state index contributed by atoms with van der Waals surface area (Å²) < 4.78 is 73.7. The highest BCUT2D eigenvalue weighted by molar-refractivity contribution is 9.10. The Morgan fingerprint density at radius 3 is 2.00 bits per heavy atom. The van der Waals surface area contributed by atoms with Crippen molar-refractivity contribution in [3.05, 3.63) is 98.3 Å². The Kier molecular flexibility index (Phi) is 7.56. The van der Waals surface area contributed by atoms with Crippen molar-refractivity contribution in [3.8, 4) is 5.75 Å². The first-order valence-electron chi connectivity index (χ1n) is 14.2. The van der Waals surface area contributed by atoms with Crippen molar-refractivity contribution in [3.63, 3.8) is 0 Å². The molecule has 0 radical (unpaired) electrons. The maximum absolute atomic E-state index is 15.1. The van der Waals surface area contributed by atoms with Gasteiger partial charge in [0.05, 0.1) is 17.5 Å². The lowest BCUT2D eigenvalue weighted by molar-refractivity contribution is -0.125. The first-order chi connectivity index (χ1) is 22.6. The highest BCUT2D eigenvalue weighted by atomic mass is 79.9. The van der Waals surface area contributed by atoms with E-state index in [1.807, 2.05) is 0 Å². The number of rotatable bonds is 3. The highest BCUT2D eigenvalue weighted by Gasteiger charge is 2.77. The predicted molar refractivity (Wildman–Crippen MR) is 166 cm³/mol. The molecule has 2 heterocycles. The number of amides is 4. The fourth-order valence-corrected chi connectivity index (χ4v) is 8.98. The van der Waals surface area contributed by atoms with Crippen LogP contribution in [0.3, 0.4) is 0 Å². The molecule has 3 aromatic rings. The standard InChI is InChI=1S/C32H17BrCl3F5N2O5/c33-11-1-3-12(4-2-11)42-27(45)16-8-7-14-17(19(16)28(42)46)10-31(35)29(47)43(26-24(40)22(38)21(37)23(39)25(26)41)30(48)32(31,36)20(14)15-6-5-13(44)9-18(15)34/h1-7,9,16-17,19-20,44H,8,10H2. The zero-order valence-corrected chi connectivity index (χ0v) is 27.6. The summed E-state index contributed by atoms with van der Waals surface area (Å²) in [4.78, 5) is 51.6. The van der Waals surface area contributed by atoms with E-state index in [0.717, 1.165) is 11.0 Å². The topological polar surface area (TPSA) is 95.0 Å². The summed E-state index contributed by atoms with van der Waals surface area (Å²) >= 11 is 24.0. The second-order valence-electron chi connectivity index (χ2n) is 11.9. The van der Waals surface area contributed by atoms with Crippen LogP contribution < -0.4 is 9.80 Å². The number of hydrogen-bond donors (Lipinski definition) is 1. The summed E-state index contributed by atoms with van der Waals surface area (Å²) in [6.07, 6.45) is 0.863. The van der Waals surface area contributed by atoms with Gasteiger partial charge in [-0.3, -0.25) is 24.1 Å². The molecule has 3 fully saturated rings. The van der Waals surface area contributed by atoms with Crippen LogP contribution in [0.15, 0.2) is 58.6 Å². The van der Waals surface area contributed by atoms with Crippen molar-refractivity contribution in [1.82, 2.24) is 0 Å². The van der Waals surface area contributed by atoms with E-state index in [1.54, 1.807) is 30.3 Å². The van der Waals surface area contributed by atoms with Crippen LogP contribution in [-0.4, -0.2) is 38.5 Å². The monoisotopic (exact) mass is 788 g/mol. The lowest BCUT2D eigenvalue weighted by Crippen LogP contribution is -2.60. The summed E-state index contributed by atoms with van der Waals surface area (Å²) in [6, 6.07) is 9.85. The molecule has 16 heteroatoms. The van der Waals surface area contributed by atoms with Crippen molar-refractivity contribution < 1.29 is 46.2 Å². The third-order valence-electron chi connectivity index (χ3n) is 9.60. The van der Waals surface area contributed by atoms with Gasteiger partial charge in [-0.25, -0.2) is 26.9 Å². The number of imide groups is 2. The molecular weight excluding hydrogens is 774 g/mol. The average molecular weight is 791 g/mol. The van der Waals surface area contributed by atoms with Crippen molar-refractivity contribution >= 4 is 85.7 Å². The Balaban J connectivity index is 1.44. The number of benzene rings is 3. The van der Waals surface area contributed by atoms with E-state index >= 15 is 8.78 Å². The number of allylic oxidation sites excluding steroid dienone is 2. The lowest BCUT2D eigenvalue weighted by atomic mass is 9.56. The lowest BCUT2D eigenvalue weighted by Gasteiger charge is -2.50. The number of carbonyl (C=O) groups is 4. The second kappa shape index (κ2) is 11.0. The Hall–Kier alpha value is -3.52. The highest BCUT2D eigenvalue weighted by Crippen LogP contribution is 2.66. The van der Waals surface area contributed by atoms with Crippen LogP contribution in [0.5, 0.6) is 5.75 Å². The summed E-state index contributed by atoms with van der Waals surface area (Å²) in [5.74, 6) is -21.9. The summed E-state index contributed by atoms with van der Waals surface area (Å²) in [7, 11) is 0. The van der Waals surface area contributed by atoms with Crippen LogP contribution >= 0.6 is 50.7 Å². The Bertz CT molecular complexity index is 2020. The maximum Gasteiger partial charge on any atom is 0.258 e. The average Bonchev–Trinajstić information content (AvgIpc) is 3.38. The number of anilines is 2. The number of halogens is 9. The third-order valence-corrected chi connectivity index (χ3v) is 11.9. The quantitative estimate of drug-likeness (QED) is 0.0753. The molecule has 2 aliphatic heterocycles. The first kappa shape index (κ1) is 33.0. The largest absolute Gasteiger partial charge is 0.508 e. The van der Waals surface area contributed by atoms with Gasteiger partial charge in [0.25, 0.3) is 11.8 Å². The molecular formula is C32H17BrCl3F5N2O5. The minimum atomic E-state index is -2.72. The molecule has 7 rings (SSSR count). The molecule has 6 unspecified atom stereocenters. The van der Waals surface area contributed by atoms with Crippen LogP contribution in [0.4, 0.5) is 33.3 Å². The second-order valence-corrected chi connectivity index (χ2v) is 14.5. The minimum Gasteiger partial charge on any atom is -0.508 e. The molecule has 6 atom stereocenters. The van der Waals surface area contributed by atoms with E-state index in [9.17, 15) is 37.5 Å². The summed E-state index contributed by atoms with van der Waals surface area (Å²) in [5.41, 5.74) is -1.40. The molecule has 1 saturated carbocycles. The first-order valence-corrected chi connectivity index (χ1v) is 16.1. The number of fused-ring (bicyclic) bond motifs is 4. The van der Waals surface area contributed by atoms with Crippen LogP contribution in [0.2, 0.25) is 5.02 Å². The molecule has 0 bridgehead atoms. The Morgan fingerprint density at radius 2 is 1.40 bits per heavy atom. The van der Waals surface area contributed by atoms with Gasteiger partial charge in [-0.1, -0.05) is 45.2 Å². The Labute approximate surface area is 291 Å². The van der Waals surface area contributed by atoms with Crippen molar-refractivity contribution in [1.29, 1.82) is 0 Å². The predicted octanol–water partition coefficient (Wildman–Crippen LogP) is 7.27. The molecule has 48 heavy (non-hydrogen) atoms. The summed E-state index contributed by atoms with van der Waals surface area (Å²) in [6.45, 7) is 0. The molecule has 0 aromatic heterocycles. The smallest absolute Gasteiger partial charge is 0.258 e. The van der Waals surface area contributed by atoms with Gasteiger partial charge in [0.1, 0.15) is 11.4 Å². The third kappa shape index (κ3) is 4.16. The number of phenolic OH excluding ortho intramolecular Hbond substituents is 1. The maximum atomic E-state index is 15.1. The van der Waals surface area contributed by atoms with Crippen molar-refractivity contribution in [2.75, 3.05) is 9.80 Å². The molecule has 4 aliphatic rings.